The van der Waals surface area contributed by atoms with Crippen molar-refractivity contribution < 1.29 is 14.6 Å². The third-order valence-electron chi connectivity index (χ3n) is 1.29. The van der Waals surface area contributed by atoms with E-state index in [2.05, 4.69) is 4.74 Å². The van der Waals surface area contributed by atoms with Gasteiger partial charge in [-0.2, -0.15) is 0 Å². The molecule has 0 unspecified atom stereocenters. The Balaban J connectivity index is 0. The van der Waals surface area contributed by atoms with Gasteiger partial charge < -0.3 is 9.84 Å². The molecule has 0 aliphatic carbocycles. The first-order chi connectivity index (χ1) is 5.24. The molecule has 0 radical (unpaired) electrons. The average Bonchev–Trinajstić information content (AvgIpc) is 2.05. The number of hydrogen-bond acceptors (Lipinski definition) is 3. The monoisotopic (exact) mass is 200 g/mol. The van der Waals surface area contributed by atoms with Crippen LogP contribution in [0.1, 0.15) is 10.4 Å². The van der Waals surface area contributed by atoms with Gasteiger partial charge in [-0.1, -0.05) is 0 Å². The van der Waals surface area contributed by atoms with Crippen molar-refractivity contribution in [3.05, 3.63) is 29.8 Å². The van der Waals surface area contributed by atoms with Crippen LogP contribution in [0.15, 0.2) is 24.3 Å². The average molecular weight is 200 g/mol. The number of hydrogen-bond donors (Lipinski definition) is 1. The number of phenols is 1. The van der Waals surface area contributed by atoms with E-state index < -0.39 is 5.97 Å². The van der Waals surface area contributed by atoms with Gasteiger partial charge in [0, 0.05) is 0 Å². The van der Waals surface area contributed by atoms with Crippen LogP contribution in [0.2, 0.25) is 0 Å². The molecule has 0 bridgehead atoms. The molecule has 0 saturated carbocycles. The molecule has 13 heavy (non-hydrogen) atoms. The van der Waals surface area contributed by atoms with Crippen LogP contribution in [-0.2, 0) is 4.74 Å². The molecule has 0 aromatic heterocycles. The summed E-state index contributed by atoms with van der Waals surface area (Å²) in [6, 6.07) is 5.88. The molecule has 1 N–H and O–H groups in total. The van der Waals surface area contributed by atoms with Crippen molar-refractivity contribution in [2.45, 2.75) is 0 Å². The zero-order chi connectivity index (χ0) is 8.27. The first-order valence-corrected chi connectivity index (χ1v) is 3.11. The summed E-state index contributed by atoms with van der Waals surface area (Å²) in [5.74, 6) is -0.261. The van der Waals surface area contributed by atoms with Gasteiger partial charge >= 0.3 is 65.1 Å². The normalized spacial score (nSPS) is 7.77. The summed E-state index contributed by atoms with van der Waals surface area (Å²) in [7, 11) is 1.31. The summed E-state index contributed by atoms with van der Waals surface area (Å²) in [5.41, 5.74) is 0.435. The van der Waals surface area contributed by atoms with E-state index in [1.165, 1.54) is 31.4 Å². The van der Waals surface area contributed by atoms with Gasteiger partial charge in [-0.3, -0.25) is 0 Å². The Bertz CT molecular complexity index is 259. The van der Waals surface area contributed by atoms with Gasteiger partial charge in [0.15, 0.2) is 0 Å². The maximum atomic E-state index is 10.8. The Morgan fingerprint density at radius 1 is 1.23 bits per heavy atom. The van der Waals surface area contributed by atoms with Crippen molar-refractivity contribution in [2.24, 2.45) is 0 Å². The number of esters is 1. The Hall–Kier alpha value is 0.490. The van der Waals surface area contributed by atoms with Crippen molar-refractivity contribution in [3.63, 3.8) is 0 Å². The summed E-state index contributed by atoms with van der Waals surface area (Å²) >= 11 is 0. The van der Waals surface area contributed by atoms with E-state index in [4.69, 9.17) is 5.11 Å². The van der Waals surface area contributed by atoms with Crippen molar-refractivity contribution in [2.75, 3.05) is 7.11 Å². The van der Waals surface area contributed by atoms with Crippen LogP contribution in [0.4, 0.5) is 0 Å². The quantitative estimate of drug-likeness (QED) is 0.508. The van der Waals surface area contributed by atoms with Gasteiger partial charge in [-0.25, -0.2) is 4.79 Å². The second-order valence-electron chi connectivity index (χ2n) is 2.04. The minimum atomic E-state index is -0.398. The molecule has 0 fully saturated rings. The molecule has 0 spiro atoms. The fourth-order valence-electron chi connectivity index (χ4n) is 0.715. The molecule has 5 heteroatoms. The Labute approximate surface area is 121 Å². The number of ether oxygens (including phenoxy) is 1. The third kappa shape index (κ3) is 5.05. The summed E-state index contributed by atoms with van der Waals surface area (Å²) in [6.45, 7) is 0. The number of carbonyl (C=O) groups is 1. The second kappa shape index (κ2) is 7.85. The standard InChI is InChI=1S/C8H8O3.2Na.2H/c1-11-8(10)6-2-4-7(9)5-3-6;;;;/h2-5,9H,1H3;;;;. The van der Waals surface area contributed by atoms with Crippen LogP contribution < -0.4 is 0 Å². The Morgan fingerprint density at radius 3 is 2.08 bits per heavy atom. The van der Waals surface area contributed by atoms with Crippen LogP contribution in [0.5, 0.6) is 5.75 Å². The minimum absolute atomic E-state index is 0. The molecule has 62 valence electrons. The van der Waals surface area contributed by atoms with Gasteiger partial charge in [0.1, 0.15) is 5.75 Å². The van der Waals surface area contributed by atoms with Crippen LogP contribution >= 0.6 is 0 Å². The summed E-state index contributed by atoms with van der Waals surface area (Å²) < 4.78 is 4.46. The molecule has 0 heterocycles. The van der Waals surface area contributed by atoms with Gasteiger partial charge in [0.2, 0.25) is 0 Å². The van der Waals surface area contributed by atoms with Gasteiger partial charge in [-0.05, 0) is 24.3 Å². The van der Waals surface area contributed by atoms with Gasteiger partial charge in [0.05, 0.1) is 12.7 Å². The van der Waals surface area contributed by atoms with E-state index in [1.54, 1.807) is 0 Å². The van der Waals surface area contributed by atoms with Crippen LogP contribution in [-0.4, -0.2) is 77.3 Å². The first kappa shape index (κ1) is 15.9. The van der Waals surface area contributed by atoms with E-state index in [1.807, 2.05) is 0 Å². The van der Waals surface area contributed by atoms with Crippen molar-refractivity contribution in [3.8, 4) is 5.75 Å². The number of methoxy groups -OCH3 is 1. The topological polar surface area (TPSA) is 46.5 Å². The van der Waals surface area contributed by atoms with Crippen molar-refractivity contribution >= 4 is 65.1 Å². The summed E-state index contributed by atoms with van der Waals surface area (Å²) in [5, 5.41) is 8.86. The van der Waals surface area contributed by atoms with E-state index >= 15 is 0 Å². The molecular formula is C8H10Na2O3. The SMILES string of the molecule is COC(=O)c1ccc(O)cc1.[NaH].[NaH]. The van der Waals surface area contributed by atoms with Gasteiger partial charge in [0.25, 0.3) is 0 Å². The molecule has 0 aliphatic rings. The fourth-order valence-corrected chi connectivity index (χ4v) is 0.715. The summed E-state index contributed by atoms with van der Waals surface area (Å²) in [4.78, 5) is 10.8. The van der Waals surface area contributed by atoms with E-state index in [9.17, 15) is 4.79 Å². The number of carbonyl (C=O) groups excluding carboxylic acids is 1. The molecule has 3 nitrogen and oxygen atoms in total. The van der Waals surface area contributed by atoms with E-state index in [-0.39, 0.29) is 64.9 Å². The predicted molar refractivity (Wildman–Crippen MR) is 53.7 cm³/mol. The first-order valence-electron chi connectivity index (χ1n) is 3.11. The number of phenolic OH excluding ortho intramolecular Hbond substituents is 1. The molecule has 0 aliphatic heterocycles. The molecule has 0 atom stereocenters. The molecule has 1 rings (SSSR count). The van der Waals surface area contributed by atoms with Crippen LogP contribution in [0.25, 0.3) is 0 Å². The Kier molecular flexibility index (Phi) is 9.63. The molecule has 1 aromatic rings. The number of aromatic hydroxyl groups is 1. The zero-order valence-corrected chi connectivity index (χ0v) is 6.07. The van der Waals surface area contributed by atoms with Crippen LogP contribution in [0, 0.1) is 0 Å². The van der Waals surface area contributed by atoms with E-state index in [0.29, 0.717) is 5.56 Å². The molecule has 0 saturated heterocycles. The summed E-state index contributed by atoms with van der Waals surface area (Å²) in [6.07, 6.45) is 0. The molecule has 0 amide bonds. The Morgan fingerprint density at radius 2 is 1.69 bits per heavy atom. The van der Waals surface area contributed by atoms with Gasteiger partial charge in [-0.15, -0.1) is 0 Å². The third-order valence-corrected chi connectivity index (χ3v) is 1.29. The zero-order valence-electron chi connectivity index (χ0n) is 6.07. The van der Waals surface area contributed by atoms with E-state index in [0.717, 1.165) is 0 Å². The van der Waals surface area contributed by atoms with Crippen LogP contribution in [0.3, 0.4) is 0 Å². The maximum absolute atomic E-state index is 10.8. The second-order valence-corrected chi connectivity index (χ2v) is 2.04. The fraction of sp³-hybridized carbons (Fsp3) is 0.125. The number of rotatable bonds is 1. The van der Waals surface area contributed by atoms with Crippen molar-refractivity contribution in [1.82, 2.24) is 0 Å². The molecular weight excluding hydrogens is 190 g/mol. The number of benzene rings is 1. The predicted octanol–water partition coefficient (Wildman–Crippen LogP) is -0.118. The van der Waals surface area contributed by atoms with Crippen molar-refractivity contribution in [1.29, 1.82) is 0 Å². The molecule has 1 aromatic carbocycles.